The molecule has 0 radical (unpaired) electrons. The fraction of sp³-hybridized carbons (Fsp3) is 0.524. The third kappa shape index (κ3) is 3.83. The molecule has 0 aliphatic carbocycles. The Kier molecular flexibility index (Phi) is 5.36. The van der Waals surface area contributed by atoms with Crippen LogP contribution in [-0.4, -0.2) is 58.0 Å². The van der Waals surface area contributed by atoms with E-state index >= 15 is 0 Å². The predicted octanol–water partition coefficient (Wildman–Crippen LogP) is 3.51. The number of aryl methyl sites for hydroxylation is 1. The Balaban J connectivity index is 1.72. The highest BCUT2D eigenvalue weighted by molar-refractivity contribution is 5.73. The molecule has 4 rings (SSSR count). The van der Waals surface area contributed by atoms with Crippen LogP contribution in [0.15, 0.2) is 18.2 Å². The summed E-state index contributed by atoms with van der Waals surface area (Å²) in [5.41, 5.74) is 0.366. The van der Waals surface area contributed by atoms with Crippen LogP contribution in [0.25, 0.3) is 11.3 Å². The standard InChI is InChI=1S/C21H25F3N4O2/c1-12-8-13(21(22,23)24)9-18(30)19(12)16-10-15-17(29)5-7-28(20(15)26-25-16)14-4-3-6-27(2)11-14/h8-10,14,17,29-30H,3-7,11H2,1-2H3/t14-,17?/m1/s1. The average Bonchev–Trinajstić information content (AvgIpc) is 2.67. The lowest BCUT2D eigenvalue weighted by atomic mass is 9.95. The van der Waals surface area contributed by atoms with E-state index in [-0.39, 0.29) is 22.9 Å². The Hall–Kier alpha value is -2.39. The summed E-state index contributed by atoms with van der Waals surface area (Å²) < 4.78 is 39.1. The van der Waals surface area contributed by atoms with Gasteiger partial charge in [0.15, 0.2) is 5.82 Å². The van der Waals surface area contributed by atoms with Crippen LogP contribution in [0.1, 0.15) is 42.1 Å². The van der Waals surface area contributed by atoms with Crippen LogP contribution in [0.4, 0.5) is 19.0 Å². The van der Waals surface area contributed by atoms with Gasteiger partial charge in [0.05, 0.1) is 17.4 Å². The molecule has 2 aliphatic rings. The zero-order chi connectivity index (χ0) is 21.6. The van der Waals surface area contributed by atoms with Gasteiger partial charge in [-0.25, -0.2) is 0 Å². The molecule has 1 unspecified atom stereocenters. The lowest BCUT2D eigenvalue weighted by Gasteiger charge is -2.42. The number of phenolic OH excluding ortho intramolecular Hbond substituents is 1. The van der Waals surface area contributed by atoms with E-state index in [0.717, 1.165) is 32.0 Å². The molecule has 2 aliphatic heterocycles. The van der Waals surface area contributed by atoms with Gasteiger partial charge >= 0.3 is 6.18 Å². The molecule has 1 fully saturated rings. The van der Waals surface area contributed by atoms with Crippen LogP contribution in [0.2, 0.25) is 0 Å². The van der Waals surface area contributed by atoms with E-state index in [0.29, 0.717) is 30.4 Å². The number of benzene rings is 1. The van der Waals surface area contributed by atoms with Crippen LogP contribution < -0.4 is 4.90 Å². The molecule has 6 nitrogen and oxygen atoms in total. The monoisotopic (exact) mass is 422 g/mol. The normalized spacial score (nSPS) is 22.8. The maximum atomic E-state index is 13.0. The van der Waals surface area contributed by atoms with Crippen molar-refractivity contribution in [1.82, 2.24) is 15.1 Å². The largest absolute Gasteiger partial charge is 0.507 e. The van der Waals surface area contributed by atoms with Gasteiger partial charge in [-0.2, -0.15) is 13.2 Å². The van der Waals surface area contributed by atoms with Crippen molar-refractivity contribution in [2.45, 2.75) is 44.5 Å². The number of fused-ring (bicyclic) bond motifs is 1. The number of anilines is 1. The molecule has 30 heavy (non-hydrogen) atoms. The molecule has 162 valence electrons. The van der Waals surface area contributed by atoms with Gasteiger partial charge in [0.1, 0.15) is 5.75 Å². The number of aromatic hydroxyl groups is 1. The van der Waals surface area contributed by atoms with Crippen molar-refractivity contribution >= 4 is 5.82 Å². The highest BCUT2D eigenvalue weighted by Crippen LogP contribution is 2.41. The van der Waals surface area contributed by atoms with Gasteiger partial charge in [0.2, 0.25) is 0 Å². The molecule has 2 aromatic rings. The van der Waals surface area contributed by atoms with Crippen molar-refractivity contribution in [3.05, 3.63) is 34.9 Å². The number of aliphatic hydroxyl groups excluding tert-OH is 1. The van der Waals surface area contributed by atoms with Crippen LogP contribution in [0, 0.1) is 6.92 Å². The molecule has 0 amide bonds. The fourth-order valence-corrected chi connectivity index (χ4v) is 4.53. The van der Waals surface area contributed by atoms with Crippen LogP contribution in [-0.2, 0) is 6.18 Å². The molecule has 2 N–H and O–H groups in total. The third-order valence-corrected chi connectivity index (χ3v) is 6.02. The second-order valence-corrected chi connectivity index (χ2v) is 8.25. The number of hydrogen-bond acceptors (Lipinski definition) is 6. The van der Waals surface area contributed by atoms with Crippen molar-refractivity contribution in [3.8, 4) is 17.0 Å². The molecule has 1 aromatic heterocycles. The summed E-state index contributed by atoms with van der Waals surface area (Å²) in [5, 5.41) is 29.4. The predicted molar refractivity (Wildman–Crippen MR) is 106 cm³/mol. The Morgan fingerprint density at radius 1 is 1.10 bits per heavy atom. The number of hydrogen-bond donors (Lipinski definition) is 2. The minimum Gasteiger partial charge on any atom is -0.507 e. The molecule has 0 spiro atoms. The summed E-state index contributed by atoms with van der Waals surface area (Å²) in [5.74, 6) is 0.106. The first kappa shape index (κ1) is 20.9. The fourth-order valence-electron chi connectivity index (χ4n) is 4.53. The van der Waals surface area contributed by atoms with E-state index in [1.54, 1.807) is 6.07 Å². The first-order chi connectivity index (χ1) is 14.1. The molecule has 3 heterocycles. The summed E-state index contributed by atoms with van der Waals surface area (Å²) >= 11 is 0. The Labute approximate surface area is 173 Å². The molecule has 0 bridgehead atoms. The first-order valence-corrected chi connectivity index (χ1v) is 10.1. The highest BCUT2D eigenvalue weighted by Gasteiger charge is 2.34. The minimum atomic E-state index is -4.55. The van der Waals surface area contributed by atoms with Crippen LogP contribution in [0.3, 0.4) is 0 Å². The van der Waals surface area contributed by atoms with Crippen molar-refractivity contribution in [3.63, 3.8) is 0 Å². The second kappa shape index (κ2) is 7.70. The van der Waals surface area contributed by atoms with Gasteiger partial charge in [-0.05, 0) is 63.5 Å². The molecule has 2 atom stereocenters. The van der Waals surface area contributed by atoms with E-state index in [1.807, 2.05) is 0 Å². The van der Waals surface area contributed by atoms with Gasteiger partial charge in [-0.15, -0.1) is 10.2 Å². The zero-order valence-corrected chi connectivity index (χ0v) is 16.9. The lowest BCUT2D eigenvalue weighted by molar-refractivity contribution is -0.137. The van der Waals surface area contributed by atoms with Crippen molar-refractivity contribution < 1.29 is 23.4 Å². The highest BCUT2D eigenvalue weighted by atomic mass is 19.4. The number of piperidine rings is 1. The Morgan fingerprint density at radius 2 is 1.87 bits per heavy atom. The number of likely N-dealkylation sites (tertiary alicyclic amines) is 1. The van der Waals surface area contributed by atoms with Crippen LogP contribution >= 0.6 is 0 Å². The van der Waals surface area contributed by atoms with Gasteiger partial charge in [0, 0.05) is 30.3 Å². The zero-order valence-electron chi connectivity index (χ0n) is 16.9. The maximum Gasteiger partial charge on any atom is 0.416 e. The average molecular weight is 422 g/mol. The number of alkyl halides is 3. The number of likely N-dealkylation sites (N-methyl/N-ethyl adjacent to an activating group) is 1. The SMILES string of the molecule is Cc1cc(C(F)(F)F)cc(O)c1-c1cc2c(nn1)N([C@@H]1CCCN(C)C1)CCC2O. The van der Waals surface area contributed by atoms with Gasteiger partial charge in [-0.1, -0.05) is 0 Å². The van der Waals surface area contributed by atoms with Crippen molar-refractivity contribution in [2.24, 2.45) is 0 Å². The molecular weight excluding hydrogens is 397 g/mol. The smallest absolute Gasteiger partial charge is 0.416 e. The lowest BCUT2D eigenvalue weighted by Crippen LogP contribution is -2.49. The van der Waals surface area contributed by atoms with E-state index < -0.39 is 23.6 Å². The third-order valence-electron chi connectivity index (χ3n) is 6.02. The number of nitrogens with zero attached hydrogens (tertiary/aromatic N) is 4. The van der Waals surface area contributed by atoms with E-state index in [2.05, 4.69) is 27.0 Å². The van der Waals surface area contributed by atoms with Gasteiger partial charge in [0.25, 0.3) is 0 Å². The van der Waals surface area contributed by atoms with Gasteiger partial charge in [-0.3, -0.25) is 0 Å². The number of aliphatic hydroxyl groups is 1. The van der Waals surface area contributed by atoms with Crippen molar-refractivity contribution in [2.75, 3.05) is 31.6 Å². The van der Waals surface area contributed by atoms with Crippen molar-refractivity contribution in [1.29, 1.82) is 0 Å². The molecular formula is C21H25F3N4O2. The summed E-state index contributed by atoms with van der Waals surface area (Å²) in [7, 11) is 2.08. The number of phenols is 1. The summed E-state index contributed by atoms with van der Waals surface area (Å²) in [6, 6.07) is 3.60. The topological polar surface area (TPSA) is 72.7 Å². The summed E-state index contributed by atoms with van der Waals surface area (Å²) in [4.78, 5) is 4.44. The van der Waals surface area contributed by atoms with Gasteiger partial charge < -0.3 is 20.0 Å². The Morgan fingerprint density at radius 3 is 2.53 bits per heavy atom. The molecule has 9 heteroatoms. The Bertz CT molecular complexity index is 927. The van der Waals surface area contributed by atoms with E-state index in [9.17, 15) is 23.4 Å². The van der Waals surface area contributed by atoms with E-state index in [4.69, 9.17) is 0 Å². The maximum absolute atomic E-state index is 13.0. The first-order valence-electron chi connectivity index (χ1n) is 10.1. The number of rotatable bonds is 2. The second-order valence-electron chi connectivity index (χ2n) is 8.25. The van der Waals surface area contributed by atoms with E-state index in [1.165, 1.54) is 6.92 Å². The quantitative estimate of drug-likeness (QED) is 0.772. The summed E-state index contributed by atoms with van der Waals surface area (Å²) in [6.45, 7) is 4.12. The number of aromatic nitrogens is 2. The van der Waals surface area contributed by atoms with Crippen LogP contribution in [0.5, 0.6) is 5.75 Å². The molecule has 0 saturated carbocycles. The minimum absolute atomic E-state index is 0.194. The summed E-state index contributed by atoms with van der Waals surface area (Å²) in [6.07, 6.45) is -2.63. The molecule has 1 saturated heterocycles. The number of halogens is 3. The molecule has 1 aromatic carbocycles.